The number of hydrogen-bond acceptors (Lipinski definition) is 2. The summed E-state index contributed by atoms with van der Waals surface area (Å²) in [4.78, 5) is 0. The molecule has 0 atom stereocenters. The van der Waals surface area contributed by atoms with Crippen molar-refractivity contribution in [3.05, 3.63) is 0 Å². The molecule has 0 rings (SSSR count). The van der Waals surface area contributed by atoms with E-state index in [4.69, 9.17) is 5.11 Å². The molecule has 0 saturated carbocycles. The highest BCUT2D eigenvalue weighted by Gasteiger charge is 2.16. The summed E-state index contributed by atoms with van der Waals surface area (Å²) >= 11 is 0. The van der Waals surface area contributed by atoms with Gasteiger partial charge in [0.2, 0.25) is 0 Å². The third-order valence-electron chi connectivity index (χ3n) is 2.17. The van der Waals surface area contributed by atoms with Gasteiger partial charge in [0, 0.05) is 13.2 Å². The van der Waals surface area contributed by atoms with Crippen molar-refractivity contribution in [1.82, 2.24) is 5.32 Å². The molecule has 0 aliphatic carbocycles. The van der Waals surface area contributed by atoms with Crippen LogP contribution >= 0.6 is 0 Å². The van der Waals surface area contributed by atoms with Gasteiger partial charge in [0.05, 0.1) is 0 Å². The molecule has 0 fully saturated rings. The fourth-order valence-corrected chi connectivity index (χ4v) is 1.35. The normalized spacial score (nSPS) is 12.5. The van der Waals surface area contributed by atoms with E-state index < -0.39 is 0 Å². The summed E-state index contributed by atoms with van der Waals surface area (Å²) in [5.74, 6) is 0.716. The molecule has 80 valence electrons. The van der Waals surface area contributed by atoms with Crippen molar-refractivity contribution in [3.63, 3.8) is 0 Å². The Morgan fingerprint density at radius 3 is 2.38 bits per heavy atom. The highest BCUT2D eigenvalue weighted by Crippen LogP contribution is 2.20. The molecule has 0 heterocycles. The molecule has 0 saturated heterocycles. The van der Waals surface area contributed by atoms with Gasteiger partial charge in [-0.1, -0.05) is 27.7 Å². The number of aliphatic hydroxyl groups is 1. The van der Waals surface area contributed by atoms with E-state index in [0.29, 0.717) is 17.9 Å². The van der Waals surface area contributed by atoms with E-state index in [1.54, 1.807) is 0 Å². The van der Waals surface area contributed by atoms with Gasteiger partial charge >= 0.3 is 0 Å². The first-order chi connectivity index (χ1) is 5.98. The van der Waals surface area contributed by atoms with Gasteiger partial charge in [-0.2, -0.15) is 0 Å². The standard InChI is InChI=1S/C11H25NO/c1-10(2)8-12-9-11(3,4)6-5-7-13/h10,12-13H,5-9H2,1-4H3. The zero-order valence-corrected chi connectivity index (χ0v) is 9.56. The maximum absolute atomic E-state index is 8.72. The molecule has 2 nitrogen and oxygen atoms in total. The third-order valence-corrected chi connectivity index (χ3v) is 2.17. The van der Waals surface area contributed by atoms with Crippen LogP contribution in [0.1, 0.15) is 40.5 Å². The predicted molar refractivity (Wildman–Crippen MR) is 57.8 cm³/mol. The summed E-state index contributed by atoms with van der Waals surface area (Å²) in [6.45, 7) is 11.4. The molecule has 13 heavy (non-hydrogen) atoms. The molecule has 0 amide bonds. The molecule has 0 aromatic heterocycles. The molecular formula is C11H25NO. The maximum atomic E-state index is 8.72. The Hall–Kier alpha value is -0.0800. The number of hydrogen-bond donors (Lipinski definition) is 2. The molecule has 0 aliphatic rings. The van der Waals surface area contributed by atoms with Gasteiger partial charge < -0.3 is 10.4 Å². The summed E-state index contributed by atoms with van der Waals surface area (Å²) < 4.78 is 0. The van der Waals surface area contributed by atoms with Crippen molar-refractivity contribution in [2.45, 2.75) is 40.5 Å². The van der Waals surface area contributed by atoms with Gasteiger partial charge in [0.15, 0.2) is 0 Å². The summed E-state index contributed by atoms with van der Waals surface area (Å²) in [7, 11) is 0. The minimum absolute atomic E-state index is 0.313. The van der Waals surface area contributed by atoms with Crippen molar-refractivity contribution in [1.29, 1.82) is 0 Å². The fraction of sp³-hybridized carbons (Fsp3) is 1.00. The molecule has 0 aromatic carbocycles. The van der Waals surface area contributed by atoms with E-state index in [1.165, 1.54) is 0 Å². The number of aliphatic hydroxyl groups excluding tert-OH is 1. The molecule has 0 radical (unpaired) electrons. The SMILES string of the molecule is CC(C)CNCC(C)(C)CCCO. The fourth-order valence-electron chi connectivity index (χ4n) is 1.35. The Morgan fingerprint density at radius 2 is 1.92 bits per heavy atom. The first kappa shape index (κ1) is 12.9. The Balaban J connectivity index is 3.50. The topological polar surface area (TPSA) is 32.3 Å². The van der Waals surface area contributed by atoms with Gasteiger partial charge in [0.25, 0.3) is 0 Å². The van der Waals surface area contributed by atoms with E-state index in [2.05, 4.69) is 33.0 Å². The molecule has 0 aromatic rings. The lowest BCUT2D eigenvalue weighted by Gasteiger charge is -2.25. The summed E-state index contributed by atoms with van der Waals surface area (Å²) in [5, 5.41) is 12.2. The zero-order valence-electron chi connectivity index (χ0n) is 9.56. The predicted octanol–water partition coefficient (Wildman–Crippen LogP) is 2.03. The minimum Gasteiger partial charge on any atom is -0.396 e. The second-order valence-electron chi connectivity index (χ2n) is 5.02. The van der Waals surface area contributed by atoms with E-state index >= 15 is 0 Å². The van der Waals surface area contributed by atoms with Crippen LogP contribution in [-0.4, -0.2) is 24.8 Å². The van der Waals surface area contributed by atoms with E-state index in [9.17, 15) is 0 Å². The van der Waals surface area contributed by atoms with Crippen LogP contribution in [0.2, 0.25) is 0 Å². The van der Waals surface area contributed by atoms with E-state index in [-0.39, 0.29) is 0 Å². The van der Waals surface area contributed by atoms with Crippen LogP contribution in [0.15, 0.2) is 0 Å². The second kappa shape index (κ2) is 6.39. The molecule has 2 heteroatoms. The lowest BCUT2D eigenvalue weighted by atomic mass is 9.88. The summed E-state index contributed by atoms with van der Waals surface area (Å²) in [6, 6.07) is 0. The molecule has 0 bridgehead atoms. The van der Waals surface area contributed by atoms with Crippen LogP contribution in [0.4, 0.5) is 0 Å². The van der Waals surface area contributed by atoms with Crippen LogP contribution in [0.5, 0.6) is 0 Å². The van der Waals surface area contributed by atoms with Crippen molar-refractivity contribution >= 4 is 0 Å². The average molecular weight is 187 g/mol. The first-order valence-corrected chi connectivity index (χ1v) is 5.29. The van der Waals surface area contributed by atoms with Gasteiger partial charge in [-0.25, -0.2) is 0 Å². The number of rotatable bonds is 7. The smallest absolute Gasteiger partial charge is 0.0431 e. The Kier molecular flexibility index (Phi) is 6.35. The van der Waals surface area contributed by atoms with Crippen LogP contribution in [0.3, 0.4) is 0 Å². The van der Waals surface area contributed by atoms with E-state index in [1.807, 2.05) is 0 Å². The first-order valence-electron chi connectivity index (χ1n) is 5.29. The third kappa shape index (κ3) is 8.26. The Morgan fingerprint density at radius 1 is 1.31 bits per heavy atom. The van der Waals surface area contributed by atoms with Crippen LogP contribution < -0.4 is 5.32 Å². The summed E-state index contributed by atoms with van der Waals surface area (Å²) in [5.41, 5.74) is 0.317. The van der Waals surface area contributed by atoms with Gasteiger partial charge in [-0.05, 0) is 30.7 Å². The maximum Gasteiger partial charge on any atom is 0.0431 e. The quantitative estimate of drug-likeness (QED) is 0.639. The molecule has 2 N–H and O–H groups in total. The van der Waals surface area contributed by atoms with Crippen molar-refractivity contribution in [3.8, 4) is 0 Å². The number of nitrogens with one attached hydrogen (secondary N) is 1. The molecule has 0 unspecified atom stereocenters. The van der Waals surface area contributed by atoms with Gasteiger partial charge in [-0.15, -0.1) is 0 Å². The van der Waals surface area contributed by atoms with Crippen molar-refractivity contribution in [2.75, 3.05) is 19.7 Å². The lowest BCUT2D eigenvalue weighted by Crippen LogP contribution is -2.31. The largest absolute Gasteiger partial charge is 0.396 e. The minimum atomic E-state index is 0.313. The van der Waals surface area contributed by atoms with Crippen LogP contribution in [0.25, 0.3) is 0 Å². The van der Waals surface area contributed by atoms with Gasteiger partial charge in [-0.3, -0.25) is 0 Å². The Labute approximate surface area is 82.7 Å². The Bertz CT molecular complexity index is 121. The summed E-state index contributed by atoms with van der Waals surface area (Å²) in [6.07, 6.45) is 2.00. The lowest BCUT2D eigenvalue weighted by molar-refractivity contribution is 0.235. The van der Waals surface area contributed by atoms with E-state index in [0.717, 1.165) is 25.9 Å². The molecular weight excluding hydrogens is 162 g/mol. The average Bonchev–Trinajstić information content (AvgIpc) is 2.00. The van der Waals surface area contributed by atoms with Crippen molar-refractivity contribution < 1.29 is 5.11 Å². The van der Waals surface area contributed by atoms with Crippen molar-refractivity contribution in [2.24, 2.45) is 11.3 Å². The monoisotopic (exact) mass is 187 g/mol. The zero-order chi connectivity index (χ0) is 10.3. The molecule has 0 aliphatic heterocycles. The van der Waals surface area contributed by atoms with Gasteiger partial charge in [0.1, 0.15) is 0 Å². The van der Waals surface area contributed by atoms with Crippen LogP contribution in [-0.2, 0) is 0 Å². The highest BCUT2D eigenvalue weighted by atomic mass is 16.2. The molecule has 0 spiro atoms. The second-order valence-corrected chi connectivity index (χ2v) is 5.02. The van der Waals surface area contributed by atoms with Crippen LogP contribution in [0, 0.1) is 11.3 Å². The highest BCUT2D eigenvalue weighted by molar-refractivity contribution is 4.71.